The molecular formula is C33H29N3O5S2. The number of aromatic nitrogens is 2. The van der Waals surface area contributed by atoms with Crippen molar-refractivity contribution in [1.29, 1.82) is 0 Å². The number of fused-ring (bicyclic) bond motifs is 1. The third-order valence-electron chi connectivity index (χ3n) is 7.33. The molecule has 1 N–H and O–H groups in total. The van der Waals surface area contributed by atoms with Gasteiger partial charge < -0.3 is 14.6 Å². The number of hydrogen-bond acceptors (Lipinski definition) is 9. The van der Waals surface area contributed by atoms with Crippen molar-refractivity contribution in [3.05, 3.63) is 110 Å². The molecule has 0 radical (unpaired) electrons. The number of anilines is 1. The molecule has 1 amide bonds. The Morgan fingerprint density at radius 1 is 0.977 bits per heavy atom. The number of ketones is 1. The molecule has 0 fully saturated rings. The molecule has 43 heavy (non-hydrogen) atoms. The zero-order valence-corrected chi connectivity index (χ0v) is 25.9. The molecule has 0 aliphatic carbocycles. The van der Waals surface area contributed by atoms with E-state index in [2.05, 4.69) is 4.98 Å². The summed E-state index contributed by atoms with van der Waals surface area (Å²) in [5.74, 6) is -0.801. The first-order valence-electron chi connectivity index (χ1n) is 13.6. The second-order valence-corrected chi connectivity index (χ2v) is 12.6. The van der Waals surface area contributed by atoms with E-state index in [1.54, 1.807) is 25.1 Å². The van der Waals surface area contributed by atoms with E-state index in [0.29, 0.717) is 39.4 Å². The fourth-order valence-electron chi connectivity index (χ4n) is 5.38. The SMILES string of the molecule is COc1cc(C2C(C(=O)c3sc(C)nc3C)=C(O)C(=O)N2c2nc3c(C)cc(C)cc3s2)ccc1OCc1ccccc1. The summed E-state index contributed by atoms with van der Waals surface area (Å²) in [7, 11) is 1.54. The lowest BCUT2D eigenvalue weighted by Gasteiger charge is -2.25. The summed E-state index contributed by atoms with van der Waals surface area (Å²) in [6, 6.07) is 18.1. The largest absolute Gasteiger partial charge is 0.503 e. The maximum Gasteiger partial charge on any atom is 0.296 e. The van der Waals surface area contributed by atoms with Gasteiger partial charge in [0.2, 0.25) is 5.78 Å². The molecule has 0 spiro atoms. The van der Waals surface area contributed by atoms with Crippen LogP contribution >= 0.6 is 22.7 Å². The summed E-state index contributed by atoms with van der Waals surface area (Å²) in [6.07, 6.45) is 0. The van der Waals surface area contributed by atoms with Crippen molar-refractivity contribution in [3.8, 4) is 11.5 Å². The normalized spacial score (nSPS) is 15.0. The van der Waals surface area contributed by atoms with Crippen LogP contribution in [0.25, 0.3) is 10.2 Å². The first kappa shape index (κ1) is 28.6. The number of methoxy groups -OCH3 is 1. The van der Waals surface area contributed by atoms with Gasteiger partial charge in [-0.25, -0.2) is 9.97 Å². The molecule has 1 atom stereocenters. The highest BCUT2D eigenvalue weighted by atomic mass is 32.1. The molecule has 2 aromatic heterocycles. The Labute approximate surface area is 256 Å². The molecule has 0 saturated heterocycles. The number of carbonyl (C=O) groups is 2. The van der Waals surface area contributed by atoms with Gasteiger partial charge in [-0.15, -0.1) is 11.3 Å². The van der Waals surface area contributed by atoms with E-state index < -0.39 is 23.5 Å². The van der Waals surface area contributed by atoms with Gasteiger partial charge in [0.05, 0.1) is 44.5 Å². The summed E-state index contributed by atoms with van der Waals surface area (Å²) < 4.78 is 12.7. The summed E-state index contributed by atoms with van der Waals surface area (Å²) in [5.41, 5.74) is 4.91. The molecule has 0 saturated carbocycles. The molecule has 8 nitrogen and oxygen atoms in total. The Morgan fingerprint density at radius 3 is 2.44 bits per heavy atom. The fourth-order valence-corrected chi connectivity index (χ4v) is 7.43. The first-order valence-corrected chi connectivity index (χ1v) is 15.3. The van der Waals surface area contributed by atoms with E-state index in [9.17, 15) is 14.7 Å². The number of nitrogens with zero attached hydrogens (tertiary/aromatic N) is 3. The Kier molecular flexibility index (Phi) is 7.49. The maximum absolute atomic E-state index is 14.1. The lowest BCUT2D eigenvalue weighted by atomic mass is 9.95. The van der Waals surface area contributed by atoms with Gasteiger partial charge >= 0.3 is 0 Å². The average molecular weight is 612 g/mol. The molecule has 1 aliphatic heterocycles. The van der Waals surface area contributed by atoms with Crippen LogP contribution in [0.1, 0.15) is 48.7 Å². The number of thiazole rings is 2. The molecule has 6 rings (SSSR count). The number of hydrogen-bond donors (Lipinski definition) is 1. The summed E-state index contributed by atoms with van der Waals surface area (Å²) >= 11 is 2.58. The quantitative estimate of drug-likeness (QED) is 0.183. The van der Waals surface area contributed by atoms with Crippen molar-refractivity contribution >= 4 is 49.7 Å². The van der Waals surface area contributed by atoms with Crippen LogP contribution in [0.4, 0.5) is 5.13 Å². The second kappa shape index (κ2) is 11.3. The highest BCUT2D eigenvalue weighted by Gasteiger charge is 2.47. The van der Waals surface area contributed by atoms with Crippen LogP contribution < -0.4 is 14.4 Å². The van der Waals surface area contributed by atoms with Crippen molar-refractivity contribution in [2.24, 2.45) is 0 Å². The fraction of sp³-hybridized carbons (Fsp3) is 0.212. The van der Waals surface area contributed by atoms with Crippen molar-refractivity contribution < 1.29 is 24.2 Å². The third-order valence-corrected chi connectivity index (χ3v) is 9.40. The van der Waals surface area contributed by atoms with Crippen LogP contribution in [-0.2, 0) is 11.4 Å². The van der Waals surface area contributed by atoms with Crippen LogP contribution in [0, 0.1) is 27.7 Å². The van der Waals surface area contributed by atoms with Crippen LogP contribution in [0.5, 0.6) is 11.5 Å². The summed E-state index contributed by atoms with van der Waals surface area (Å²) in [5, 5.41) is 12.4. The summed E-state index contributed by atoms with van der Waals surface area (Å²) in [4.78, 5) is 38.9. The van der Waals surface area contributed by atoms with E-state index >= 15 is 0 Å². The molecular weight excluding hydrogens is 583 g/mol. The van der Waals surface area contributed by atoms with Gasteiger partial charge in [-0.05, 0) is 68.1 Å². The maximum atomic E-state index is 14.1. The lowest BCUT2D eigenvalue weighted by Crippen LogP contribution is -2.31. The number of benzene rings is 3. The van der Waals surface area contributed by atoms with Crippen molar-refractivity contribution in [1.82, 2.24) is 9.97 Å². The number of aliphatic hydroxyl groups is 1. The Balaban J connectivity index is 1.47. The van der Waals surface area contributed by atoms with Crippen LogP contribution in [0.2, 0.25) is 0 Å². The minimum atomic E-state index is -0.958. The van der Waals surface area contributed by atoms with E-state index in [4.69, 9.17) is 14.5 Å². The van der Waals surface area contributed by atoms with Gasteiger partial charge in [-0.2, -0.15) is 0 Å². The lowest BCUT2D eigenvalue weighted by molar-refractivity contribution is -0.117. The van der Waals surface area contributed by atoms with Gasteiger partial charge in [0.1, 0.15) is 6.61 Å². The molecule has 3 aromatic carbocycles. The Hall–Kier alpha value is -4.54. The highest BCUT2D eigenvalue weighted by Crippen LogP contribution is 2.46. The number of carbonyl (C=O) groups excluding carboxylic acids is 2. The van der Waals surface area contributed by atoms with Gasteiger partial charge in [0.25, 0.3) is 5.91 Å². The Bertz CT molecular complexity index is 1930. The Morgan fingerprint density at radius 2 is 1.74 bits per heavy atom. The standard InChI is InChI=1S/C33H29N3O5S2/c1-17-13-18(2)27-25(14-17)43-33(35-27)36-28(26(30(38)32(36)39)29(37)31-19(3)34-20(4)42-31)22-11-12-23(24(15-22)40-5)41-16-21-9-7-6-8-10-21/h6-15,28,38H,16H2,1-5H3. The topological polar surface area (TPSA) is 102 Å². The van der Waals surface area contributed by atoms with Crippen molar-refractivity contribution in [2.45, 2.75) is 40.3 Å². The zero-order valence-electron chi connectivity index (χ0n) is 24.3. The van der Waals surface area contributed by atoms with E-state index in [1.807, 2.05) is 63.2 Å². The molecule has 1 unspecified atom stereocenters. The van der Waals surface area contributed by atoms with Crippen molar-refractivity contribution in [2.75, 3.05) is 12.0 Å². The van der Waals surface area contributed by atoms with Gasteiger partial charge in [0, 0.05) is 0 Å². The number of amides is 1. The molecule has 218 valence electrons. The summed E-state index contributed by atoms with van der Waals surface area (Å²) in [6.45, 7) is 7.88. The highest BCUT2D eigenvalue weighted by molar-refractivity contribution is 7.22. The minimum absolute atomic E-state index is 0.0242. The number of rotatable bonds is 8. The number of ether oxygens (including phenoxy) is 2. The van der Waals surface area contributed by atoms with Crippen LogP contribution in [0.3, 0.4) is 0 Å². The second-order valence-electron chi connectivity index (χ2n) is 10.4. The van der Waals surface area contributed by atoms with Gasteiger partial charge in [-0.3, -0.25) is 14.5 Å². The molecule has 1 aliphatic rings. The van der Waals surface area contributed by atoms with E-state index in [-0.39, 0.29) is 5.57 Å². The third kappa shape index (κ3) is 5.17. The van der Waals surface area contributed by atoms with Gasteiger partial charge in [0.15, 0.2) is 22.4 Å². The predicted molar refractivity (Wildman–Crippen MR) is 169 cm³/mol. The predicted octanol–water partition coefficient (Wildman–Crippen LogP) is 7.36. The molecule has 5 aromatic rings. The number of Topliss-reactive ketones (excluding diaryl/α,β-unsaturated/α-hetero) is 1. The number of aliphatic hydroxyl groups excluding tert-OH is 1. The molecule has 0 bridgehead atoms. The average Bonchev–Trinajstić information content (AvgIpc) is 3.64. The smallest absolute Gasteiger partial charge is 0.296 e. The van der Waals surface area contributed by atoms with Gasteiger partial charge in [-0.1, -0.05) is 53.8 Å². The monoisotopic (exact) mass is 611 g/mol. The van der Waals surface area contributed by atoms with E-state index in [1.165, 1.54) is 34.7 Å². The zero-order chi connectivity index (χ0) is 30.4. The number of aryl methyl sites for hydroxylation is 4. The first-order chi connectivity index (χ1) is 20.7. The molecule has 3 heterocycles. The van der Waals surface area contributed by atoms with Crippen molar-refractivity contribution in [3.63, 3.8) is 0 Å². The van der Waals surface area contributed by atoms with E-state index in [0.717, 1.165) is 31.9 Å². The van der Waals surface area contributed by atoms with Crippen LogP contribution in [0.15, 0.2) is 72.0 Å². The minimum Gasteiger partial charge on any atom is -0.503 e. The van der Waals surface area contributed by atoms with Crippen LogP contribution in [-0.4, -0.2) is 33.9 Å². The molecule has 10 heteroatoms.